The standard InChI is InChI=1S/C9H12O5Si/c1-4-15-12-6-5-9(13-7(2)10)14-8(3)11/h4-5H,1,6H2,2-3H3. The number of carbonyl (C=O) groups excluding carboxylic acids is 2. The van der Waals surface area contributed by atoms with Gasteiger partial charge in [0.2, 0.25) is 0 Å². The van der Waals surface area contributed by atoms with Gasteiger partial charge in [-0.2, -0.15) is 0 Å². The highest BCUT2D eigenvalue weighted by Gasteiger charge is 2.05. The molecule has 5 nitrogen and oxygen atoms in total. The summed E-state index contributed by atoms with van der Waals surface area (Å²) in [7, 11) is 0.145. The quantitative estimate of drug-likeness (QED) is 0.290. The molecule has 0 amide bonds. The molecular formula is C9H12O5Si. The molecule has 0 spiro atoms. The van der Waals surface area contributed by atoms with Crippen LogP contribution in [-0.4, -0.2) is 28.3 Å². The van der Waals surface area contributed by atoms with Gasteiger partial charge in [-0.25, -0.2) is 0 Å². The second-order valence-corrected chi connectivity index (χ2v) is 3.28. The first kappa shape index (κ1) is 13.6. The van der Waals surface area contributed by atoms with Crippen LogP contribution in [0.15, 0.2) is 24.3 Å². The fourth-order valence-electron chi connectivity index (χ4n) is 0.604. The van der Waals surface area contributed by atoms with E-state index in [9.17, 15) is 9.59 Å². The Morgan fingerprint density at radius 2 is 1.80 bits per heavy atom. The second kappa shape index (κ2) is 7.95. The Balaban J connectivity index is 4.13. The zero-order valence-corrected chi connectivity index (χ0v) is 9.61. The van der Waals surface area contributed by atoms with Gasteiger partial charge in [-0.3, -0.25) is 9.59 Å². The van der Waals surface area contributed by atoms with Crippen molar-refractivity contribution in [2.45, 2.75) is 13.8 Å². The molecule has 0 aromatic carbocycles. The van der Waals surface area contributed by atoms with E-state index in [4.69, 9.17) is 4.43 Å². The summed E-state index contributed by atoms with van der Waals surface area (Å²) in [5.41, 5.74) is 1.60. The van der Waals surface area contributed by atoms with E-state index >= 15 is 0 Å². The minimum absolute atomic E-state index is 0.145. The lowest BCUT2D eigenvalue weighted by Gasteiger charge is -2.05. The zero-order chi connectivity index (χ0) is 11.7. The van der Waals surface area contributed by atoms with Gasteiger partial charge < -0.3 is 13.9 Å². The van der Waals surface area contributed by atoms with Crippen LogP contribution < -0.4 is 0 Å². The lowest BCUT2D eigenvalue weighted by atomic mass is 10.6. The highest BCUT2D eigenvalue weighted by molar-refractivity contribution is 6.34. The van der Waals surface area contributed by atoms with Crippen LogP contribution in [0.3, 0.4) is 0 Å². The third-order valence-electron chi connectivity index (χ3n) is 0.989. The summed E-state index contributed by atoms with van der Waals surface area (Å²) < 4.78 is 14.3. The Morgan fingerprint density at radius 3 is 2.20 bits per heavy atom. The van der Waals surface area contributed by atoms with Gasteiger partial charge in [-0.15, -0.1) is 6.58 Å². The molecule has 0 aromatic heterocycles. The Hall–Kier alpha value is -1.40. The van der Waals surface area contributed by atoms with E-state index in [-0.39, 0.29) is 22.3 Å². The SMILES string of the molecule is C=C[Si]OCC=C(OC(C)=O)OC(C)=O. The van der Waals surface area contributed by atoms with E-state index in [0.717, 1.165) is 0 Å². The molecule has 2 radical (unpaired) electrons. The third kappa shape index (κ3) is 8.91. The first-order chi connectivity index (χ1) is 7.06. The van der Waals surface area contributed by atoms with Crippen LogP contribution in [0, 0.1) is 0 Å². The fourth-order valence-corrected chi connectivity index (χ4v) is 0.902. The second-order valence-electron chi connectivity index (χ2n) is 2.34. The maximum atomic E-state index is 10.6. The predicted octanol–water partition coefficient (Wildman–Crippen LogP) is 0.733. The summed E-state index contributed by atoms with van der Waals surface area (Å²) in [5.74, 6) is -1.29. The summed E-state index contributed by atoms with van der Waals surface area (Å²) in [4.78, 5) is 21.2. The monoisotopic (exact) mass is 228 g/mol. The molecule has 0 saturated carbocycles. The van der Waals surface area contributed by atoms with Crippen LogP contribution in [0.5, 0.6) is 0 Å². The van der Waals surface area contributed by atoms with Crippen molar-refractivity contribution in [3.63, 3.8) is 0 Å². The smallest absolute Gasteiger partial charge is 0.310 e. The van der Waals surface area contributed by atoms with Crippen LogP contribution >= 0.6 is 0 Å². The van der Waals surface area contributed by atoms with Crippen molar-refractivity contribution in [1.82, 2.24) is 0 Å². The van der Waals surface area contributed by atoms with Crippen molar-refractivity contribution in [3.8, 4) is 0 Å². The number of rotatable bonds is 6. The highest BCUT2D eigenvalue weighted by atomic mass is 28.2. The molecule has 0 fully saturated rings. The van der Waals surface area contributed by atoms with Gasteiger partial charge in [0.25, 0.3) is 15.7 Å². The van der Waals surface area contributed by atoms with Gasteiger partial charge in [0.05, 0.1) is 6.61 Å². The molecule has 0 aromatic rings. The molecule has 0 bridgehead atoms. The normalized spacial score (nSPS) is 8.93. The number of ether oxygens (including phenoxy) is 2. The van der Waals surface area contributed by atoms with Gasteiger partial charge in [0, 0.05) is 19.9 Å². The van der Waals surface area contributed by atoms with E-state index in [1.54, 1.807) is 5.70 Å². The number of hydrogen-bond acceptors (Lipinski definition) is 5. The molecule has 0 unspecified atom stereocenters. The molecule has 15 heavy (non-hydrogen) atoms. The van der Waals surface area contributed by atoms with E-state index in [1.807, 2.05) is 0 Å². The van der Waals surface area contributed by atoms with Gasteiger partial charge in [-0.1, -0.05) is 5.70 Å². The van der Waals surface area contributed by atoms with E-state index in [1.165, 1.54) is 19.9 Å². The Kier molecular flexibility index (Phi) is 7.21. The summed E-state index contributed by atoms with van der Waals surface area (Å²) in [6.45, 7) is 6.07. The average molecular weight is 228 g/mol. The first-order valence-corrected chi connectivity index (χ1v) is 5.10. The van der Waals surface area contributed by atoms with Crippen LogP contribution in [0.25, 0.3) is 0 Å². The Bertz CT molecular complexity index is 254. The van der Waals surface area contributed by atoms with Crippen molar-refractivity contribution in [2.24, 2.45) is 0 Å². The molecule has 0 aliphatic heterocycles. The summed E-state index contributed by atoms with van der Waals surface area (Å²) in [6.07, 6.45) is 1.36. The van der Waals surface area contributed by atoms with Gasteiger partial charge in [-0.05, 0) is 0 Å². The van der Waals surface area contributed by atoms with E-state index < -0.39 is 11.9 Å². The van der Waals surface area contributed by atoms with Crippen molar-refractivity contribution in [1.29, 1.82) is 0 Å². The zero-order valence-electron chi connectivity index (χ0n) is 8.61. The maximum Gasteiger partial charge on any atom is 0.310 e. The summed E-state index contributed by atoms with van der Waals surface area (Å²) in [5, 5.41) is 0. The first-order valence-electron chi connectivity index (χ1n) is 4.11. The number of hydrogen-bond donors (Lipinski definition) is 0. The minimum atomic E-state index is -0.561. The molecule has 0 rings (SSSR count). The lowest BCUT2D eigenvalue weighted by molar-refractivity contribution is -0.151. The highest BCUT2D eigenvalue weighted by Crippen LogP contribution is 2.01. The van der Waals surface area contributed by atoms with Crippen molar-refractivity contribution in [2.75, 3.05) is 6.61 Å². The van der Waals surface area contributed by atoms with Gasteiger partial charge in [0.1, 0.15) is 0 Å². The third-order valence-corrected chi connectivity index (χ3v) is 1.49. The molecule has 0 N–H and O–H groups in total. The van der Waals surface area contributed by atoms with Crippen molar-refractivity contribution in [3.05, 3.63) is 24.3 Å². The molecular weight excluding hydrogens is 216 g/mol. The largest absolute Gasteiger partial charge is 0.408 e. The minimum Gasteiger partial charge on any atom is -0.408 e. The topological polar surface area (TPSA) is 61.8 Å². The number of esters is 2. The summed E-state index contributed by atoms with van der Waals surface area (Å²) >= 11 is 0. The summed E-state index contributed by atoms with van der Waals surface area (Å²) in [6, 6.07) is 0. The molecule has 6 heteroatoms. The van der Waals surface area contributed by atoms with E-state index in [2.05, 4.69) is 16.1 Å². The van der Waals surface area contributed by atoms with Crippen LogP contribution in [0.1, 0.15) is 13.8 Å². The molecule has 0 heterocycles. The van der Waals surface area contributed by atoms with Crippen molar-refractivity contribution < 1.29 is 23.5 Å². The molecule has 0 saturated heterocycles. The molecule has 0 aliphatic carbocycles. The van der Waals surface area contributed by atoms with Crippen LogP contribution in [-0.2, 0) is 23.5 Å². The van der Waals surface area contributed by atoms with Gasteiger partial charge in [0.15, 0.2) is 0 Å². The Labute approximate surface area is 90.6 Å². The van der Waals surface area contributed by atoms with Crippen LogP contribution in [0.4, 0.5) is 0 Å². The van der Waals surface area contributed by atoms with Crippen molar-refractivity contribution >= 4 is 21.7 Å². The van der Waals surface area contributed by atoms with Gasteiger partial charge >= 0.3 is 11.9 Å². The fraction of sp³-hybridized carbons (Fsp3) is 0.333. The number of carbonyl (C=O) groups is 2. The van der Waals surface area contributed by atoms with E-state index in [0.29, 0.717) is 0 Å². The predicted molar refractivity (Wildman–Crippen MR) is 53.5 cm³/mol. The molecule has 0 atom stereocenters. The lowest BCUT2D eigenvalue weighted by Crippen LogP contribution is -2.08. The molecule has 82 valence electrons. The maximum absolute atomic E-state index is 10.6. The average Bonchev–Trinajstić information content (AvgIpc) is 2.10. The van der Waals surface area contributed by atoms with Crippen LogP contribution in [0.2, 0.25) is 0 Å². The Morgan fingerprint density at radius 1 is 1.27 bits per heavy atom. The molecule has 0 aliphatic rings.